The summed E-state index contributed by atoms with van der Waals surface area (Å²) >= 11 is 17.7. The Kier molecular flexibility index (Phi) is 7.36. The molecule has 28 heavy (non-hydrogen) atoms. The van der Waals surface area contributed by atoms with Crippen molar-refractivity contribution in [2.45, 2.75) is 12.0 Å². The number of hydrogen-bond donors (Lipinski definition) is 1. The number of nitrogens with zero attached hydrogens (tertiary/aromatic N) is 1. The molecule has 1 N–H and O–H groups in total. The van der Waals surface area contributed by atoms with Crippen LogP contribution in [0.5, 0.6) is 0 Å². The molecule has 0 aromatic heterocycles. The monoisotopic (exact) mass is 428 g/mol. The lowest BCUT2D eigenvalue weighted by atomic mass is 9.84. The average Bonchev–Trinajstić information content (AvgIpc) is 3.13. The molecule has 4 rings (SSSR count). The van der Waals surface area contributed by atoms with Crippen LogP contribution in [0.15, 0.2) is 78.9 Å². The van der Waals surface area contributed by atoms with Crippen LogP contribution in [0.2, 0.25) is 15.1 Å². The van der Waals surface area contributed by atoms with Crippen LogP contribution in [0.4, 0.5) is 0 Å². The van der Waals surface area contributed by atoms with Gasteiger partial charge < -0.3 is 5.32 Å². The lowest BCUT2D eigenvalue weighted by Crippen LogP contribution is -2.17. The Morgan fingerprint density at radius 1 is 0.750 bits per heavy atom. The Morgan fingerprint density at radius 3 is 1.86 bits per heavy atom. The van der Waals surface area contributed by atoms with Gasteiger partial charge in [-0.25, -0.2) is 0 Å². The zero-order valence-electron chi connectivity index (χ0n) is 15.0. The van der Waals surface area contributed by atoms with Crippen molar-refractivity contribution in [3.05, 3.63) is 105 Å². The highest BCUT2D eigenvalue weighted by molar-refractivity contribution is 6.31. The predicted octanol–water partition coefficient (Wildman–Crippen LogP) is 6.90. The molecule has 3 aromatic carbocycles. The zero-order valence-corrected chi connectivity index (χ0v) is 17.3. The summed E-state index contributed by atoms with van der Waals surface area (Å²) in [4.78, 5) is 0. The molecule has 1 aliphatic heterocycles. The van der Waals surface area contributed by atoms with Crippen LogP contribution in [0.25, 0.3) is 0 Å². The summed E-state index contributed by atoms with van der Waals surface area (Å²) < 4.78 is 0. The fourth-order valence-corrected chi connectivity index (χ4v) is 3.95. The van der Waals surface area contributed by atoms with Gasteiger partial charge >= 0.3 is 0 Å². The predicted molar refractivity (Wildman–Crippen MR) is 117 cm³/mol. The van der Waals surface area contributed by atoms with Gasteiger partial charge in [-0.15, -0.1) is 0 Å². The molecule has 3 unspecified atom stereocenters. The molecule has 5 heteroatoms. The Balaban J connectivity index is 0.000000271. The molecule has 142 valence electrons. The molecule has 0 spiro atoms. The first-order chi connectivity index (χ1) is 13.6. The van der Waals surface area contributed by atoms with E-state index in [2.05, 4.69) is 11.4 Å². The van der Waals surface area contributed by atoms with Crippen molar-refractivity contribution in [2.75, 3.05) is 6.54 Å². The summed E-state index contributed by atoms with van der Waals surface area (Å²) in [5.74, 6) is -0.000357. The Hall–Kier alpha value is -2.02. The first-order valence-corrected chi connectivity index (χ1v) is 10.1. The van der Waals surface area contributed by atoms with Crippen LogP contribution in [0.1, 0.15) is 23.1 Å². The van der Waals surface area contributed by atoms with Gasteiger partial charge in [-0.3, -0.25) is 0 Å². The second-order valence-electron chi connectivity index (χ2n) is 6.55. The van der Waals surface area contributed by atoms with Gasteiger partial charge in [-0.1, -0.05) is 77.3 Å². The second-order valence-corrected chi connectivity index (χ2v) is 7.86. The molecule has 2 nitrogen and oxygen atoms in total. The van der Waals surface area contributed by atoms with Gasteiger partial charge in [0.15, 0.2) is 0 Å². The third-order valence-electron chi connectivity index (χ3n) is 4.72. The lowest BCUT2D eigenvalue weighted by molar-refractivity contribution is 0.532. The highest BCUT2D eigenvalue weighted by atomic mass is 35.5. The third kappa shape index (κ3) is 5.28. The normalized spacial score (nSPS) is 20.7. The Morgan fingerprint density at radius 2 is 1.32 bits per heavy atom. The van der Waals surface area contributed by atoms with E-state index in [-0.39, 0.29) is 17.9 Å². The fraction of sp³-hybridized carbons (Fsp3) is 0.174. The van der Waals surface area contributed by atoms with E-state index in [1.165, 1.54) is 0 Å². The second kappa shape index (κ2) is 9.96. The van der Waals surface area contributed by atoms with Gasteiger partial charge in [0.2, 0.25) is 0 Å². The van der Waals surface area contributed by atoms with E-state index in [1.807, 2.05) is 78.9 Å². The van der Waals surface area contributed by atoms with E-state index >= 15 is 0 Å². The molecule has 0 radical (unpaired) electrons. The van der Waals surface area contributed by atoms with Crippen LogP contribution >= 0.6 is 34.8 Å². The van der Waals surface area contributed by atoms with Gasteiger partial charge in [0.05, 0.1) is 12.0 Å². The van der Waals surface area contributed by atoms with Gasteiger partial charge in [0.25, 0.3) is 0 Å². The Bertz CT molecular complexity index is 900. The van der Waals surface area contributed by atoms with E-state index in [0.29, 0.717) is 10.0 Å². The number of rotatable bonds is 2. The summed E-state index contributed by atoms with van der Waals surface area (Å²) in [5, 5.41) is 15.2. The molecular weight excluding hydrogens is 411 g/mol. The maximum atomic E-state index is 9.61. The lowest BCUT2D eigenvalue weighted by Gasteiger charge is -2.18. The van der Waals surface area contributed by atoms with Crippen LogP contribution in [0, 0.1) is 17.2 Å². The van der Waals surface area contributed by atoms with E-state index in [9.17, 15) is 5.26 Å². The van der Waals surface area contributed by atoms with Crippen molar-refractivity contribution >= 4 is 34.8 Å². The summed E-state index contributed by atoms with van der Waals surface area (Å²) in [6.07, 6.45) is 0. The first kappa shape index (κ1) is 20.7. The summed E-state index contributed by atoms with van der Waals surface area (Å²) in [7, 11) is 0. The SMILES string of the molecule is Clc1ccccc1.N#CC1C(c2cccc(Cl)c2)CNC1c1cccc(Cl)c1. The number of halogens is 3. The highest BCUT2D eigenvalue weighted by Crippen LogP contribution is 2.40. The first-order valence-electron chi connectivity index (χ1n) is 8.93. The van der Waals surface area contributed by atoms with Gasteiger partial charge in [-0.2, -0.15) is 5.26 Å². The van der Waals surface area contributed by atoms with E-state index in [0.717, 1.165) is 22.7 Å². The molecule has 1 aliphatic rings. The number of nitriles is 1. The minimum atomic E-state index is -0.137. The van der Waals surface area contributed by atoms with Gasteiger partial charge in [-0.05, 0) is 47.5 Å². The summed E-state index contributed by atoms with van der Waals surface area (Å²) in [6.45, 7) is 0.760. The van der Waals surface area contributed by atoms with E-state index < -0.39 is 0 Å². The molecule has 1 fully saturated rings. The fourth-order valence-electron chi connectivity index (χ4n) is 3.41. The molecule has 1 heterocycles. The van der Waals surface area contributed by atoms with Crippen molar-refractivity contribution in [3.8, 4) is 6.07 Å². The smallest absolute Gasteiger partial charge is 0.0738 e. The quantitative estimate of drug-likeness (QED) is 0.481. The third-order valence-corrected chi connectivity index (χ3v) is 5.44. The standard InChI is InChI=1S/C17H14Cl2N2.C6H5Cl/c18-13-5-1-3-11(7-13)16-10-21-17(15(16)9-20)12-4-2-6-14(19)8-12;7-6-4-2-1-3-5-6/h1-8,15-17,21H,10H2;1-5H. The summed E-state index contributed by atoms with van der Waals surface area (Å²) in [5.41, 5.74) is 2.16. The van der Waals surface area contributed by atoms with Crippen LogP contribution in [-0.2, 0) is 0 Å². The Labute approximate surface area is 180 Å². The molecule has 0 saturated carbocycles. The van der Waals surface area contributed by atoms with Crippen LogP contribution in [0.3, 0.4) is 0 Å². The molecule has 0 amide bonds. The van der Waals surface area contributed by atoms with Gasteiger partial charge in [0, 0.05) is 33.6 Å². The number of benzene rings is 3. The van der Waals surface area contributed by atoms with Crippen molar-refractivity contribution in [3.63, 3.8) is 0 Å². The average molecular weight is 430 g/mol. The van der Waals surface area contributed by atoms with E-state index in [4.69, 9.17) is 34.8 Å². The molecule has 3 aromatic rings. The zero-order chi connectivity index (χ0) is 19.9. The molecule has 0 bridgehead atoms. The van der Waals surface area contributed by atoms with Crippen molar-refractivity contribution in [1.29, 1.82) is 5.26 Å². The highest BCUT2D eigenvalue weighted by Gasteiger charge is 2.37. The topological polar surface area (TPSA) is 35.8 Å². The minimum Gasteiger partial charge on any atom is -0.308 e. The minimum absolute atomic E-state index is 0.00215. The molecule has 3 atom stereocenters. The molecule has 1 saturated heterocycles. The van der Waals surface area contributed by atoms with E-state index in [1.54, 1.807) is 0 Å². The van der Waals surface area contributed by atoms with Crippen molar-refractivity contribution in [1.82, 2.24) is 5.32 Å². The maximum absolute atomic E-state index is 9.61. The van der Waals surface area contributed by atoms with Gasteiger partial charge in [0.1, 0.15) is 0 Å². The number of hydrogen-bond acceptors (Lipinski definition) is 2. The summed E-state index contributed by atoms with van der Waals surface area (Å²) in [6, 6.07) is 27.3. The van der Waals surface area contributed by atoms with Crippen LogP contribution in [-0.4, -0.2) is 6.54 Å². The van der Waals surface area contributed by atoms with Crippen molar-refractivity contribution in [2.24, 2.45) is 5.92 Å². The molecular formula is C23H19Cl3N2. The largest absolute Gasteiger partial charge is 0.308 e. The maximum Gasteiger partial charge on any atom is 0.0738 e. The van der Waals surface area contributed by atoms with Crippen LogP contribution < -0.4 is 5.32 Å². The number of nitrogens with one attached hydrogen (secondary N) is 1. The molecule has 0 aliphatic carbocycles. The van der Waals surface area contributed by atoms with Crippen molar-refractivity contribution < 1.29 is 0 Å².